The summed E-state index contributed by atoms with van der Waals surface area (Å²) in [5.41, 5.74) is 0.425. The molecule has 0 saturated heterocycles. The van der Waals surface area contributed by atoms with Crippen LogP contribution in [-0.4, -0.2) is 10.9 Å². The molecule has 0 aromatic carbocycles. The van der Waals surface area contributed by atoms with Crippen molar-refractivity contribution in [3.05, 3.63) is 39.2 Å². The lowest BCUT2D eigenvalue weighted by molar-refractivity contribution is -0.120. The molecule has 3 unspecified atom stereocenters. The van der Waals surface area contributed by atoms with Crippen LogP contribution in [0.25, 0.3) is 0 Å². The van der Waals surface area contributed by atoms with Gasteiger partial charge in [0.15, 0.2) is 0 Å². The van der Waals surface area contributed by atoms with E-state index < -0.39 is 0 Å². The Labute approximate surface area is 113 Å². The zero-order valence-electron chi connectivity index (χ0n) is 9.65. The summed E-state index contributed by atoms with van der Waals surface area (Å²) in [4.78, 5) is 25.9. The van der Waals surface area contributed by atoms with Crippen molar-refractivity contribution < 1.29 is 4.79 Å². The number of nitrogens with one attached hydrogen (secondary N) is 2. The van der Waals surface area contributed by atoms with Gasteiger partial charge in [0.1, 0.15) is 0 Å². The van der Waals surface area contributed by atoms with E-state index >= 15 is 0 Å². The Morgan fingerprint density at radius 3 is 2.83 bits per heavy atom. The second kappa shape index (κ2) is 4.39. The summed E-state index contributed by atoms with van der Waals surface area (Å²) >= 11 is 3.15. The minimum absolute atomic E-state index is 0.0470. The van der Waals surface area contributed by atoms with Crippen LogP contribution in [0.5, 0.6) is 0 Å². The first-order valence-corrected chi connectivity index (χ1v) is 6.80. The molecular formula is C13H13BrN2O2. The van der Waals surface area contributed by atoms with Gasteiger partial charge in [0.25, 0.3) is 5.56 Å². The molecule has 0 spiro atoms. The number of hydrogen-bond acceptors (Lipinski definition) is 2. The van der Waals surface area contributed by atoms with Crippen molar-refractivity contribution in [3.8, 4) is 0 Å². The average Bonchev–Trinajstić information content (AvgIpc) is 2.96. The van der Waals surface area contributed by atoms with Crippen molar-refractivity contribution in [1.82, 2.24) is 4.98 Å². The van der Waals surface area contributed by atoms with Crippen LogP contribution >= 0.6 is 15.9 Å². The molecule has 1 aromatic rings. The number of halogens is 1. The summed E-state index contributed by atoms with van der Waals surface area (Å²) < 4.78 is 0.424. The topological polar surface area (TPSA) is 62.0 Å². The molecule has 1 amide bonds. The molecule has 0 aliphatic heterocycles. The maximum absolute atomic E-state index is 12.1. The summed E-state index contributed by atoms with van der Waals surface area (Å²) in [6.07, 6.45) is 7.94. The number of allylic oxidation sites excluding steroid dienone is 2. The van der Waals surface area contributed by atoms with E-state index in [-0.39, 0.29) is 17.4 Å². The molecule has 2 aliphatic carbocycles. The number of aromatic amines is 1. The van der Waals surface area contributed by atoms with Gasteiger partial charge < -0.3 is 10.3 Å². The molecule has 1 heterocycles. The molecule has 1 aromatic heterocycles. The van der Waals surface area contributed by atoms with Gasteiger partial charge in [0, 0.05) is 12.1 Å². The summed E-state index contributed by atoms with van der Waals surface area (Å²) in [5.74, 6) is 1.09. The Morgan fingerprint density at radius 2 is 2.22 bits per heavy atom. The van der Waals surface area contributed by atoms with Crippen molar-refractivity contribution in [1.29, 1.82) is 0 Å². The van der Waals surface area contributed by atoms with E-state index in [4.69, 9.17) is 0 Å². The summed E-state index contributed by atoms with van der Waals surface area (Å²) in [6.45, 7) is 0. The Bertz CT molecular complexity index is 579. The lowest BCUT2D eigenvalue weighted by Gasteiger charge is -2.17. The number of carbonyl (C=O) groups excluding carboxylic acids is 1. The molecule has 1 saturated carbocycles. The Kier molecular flexibility index (Phi) is 2.86. The first-order chi connectivity index (χ1) is 8.63. The SMILES string of the molecule is O=C(Nc1c[nH]c(=O)c(Br)c1)C1CC2C=CC1C2. The molecule has 0 radical (unpaired) electrons. The minimum atomic E-state index is -0.198. The lowest BCUT2D eigenvalue weighted by Crippen LogP contribution is -2.26. The maximum atomic E-state index is 12.1. The number of H-pyrrole nitrogens is 1. The van der Waals surface area contributed by atoms with Gasteiger partial charge in [-0.05, 0) is 46.7 Å². The second-order valence-electron chi connectivity index (χ2n) is 4.94. The van der Waals surface area contributed by atoms with Gasteiger partial charge in [-0.2, -0.15) is 0 Å². The van der Waals surface area contributed by atoms with E-state index in [0.717, 1.165) is 12.8 Å². The van der Waals surface area contributed by atoms with Crippen molar-refractivity contribution in [3.63, 3.8) is 0 Å². The average molecular weight is 309 g/mol. The van der Waals surface area contributed by atoms with Crippen LogP contribution in [0.15, 0.2) is 33.7 Å². The smallest absolute Gasteiger partial charge is 0.262 e. The van der Waals surface area contributed by atoms with E-state index in [1.165, 1.54) is 6.20 Å². The van der Waals surface area contributed by atoms with Gasteiger partial charge in [-0.25, -0.2) is 0 Å². The molecule has 94 valence electrons. The van der Waals surface area contributed by atoms with Gasteiger partial charge in [0.2, 0.25) is 5.91 Å². The van der Waals surface area contributed by atoms with E-state index in [9.17, 15) is 9.59 Å². The maximum Gasteiger partial charge on any atom is 0.262 e. The Hall–Kier alpha value is -1.36. The fraction of sp³-hybridized carbons (Fsp3) is 0.385. The van der Waals surface area contributed by atoms with Gasteiger partial charge in [-0.1, -0.05) is 12.2 Å². The molecule has 18 heavy (non-hydrogen) atoms. The highest BCUT2D eigenvalue weighted by atomic mass is 79.9. The van der Waals surface area contributed by atoms with E-state index in [2.05, 4.69) is 38.4 Å². The molecule has 3 atom stereocenters. The largest absolute Gasteiger partial charge is 0.326 e. The molecule has 2 aliphatic rings. The Morgan fingerprint density at radius 1 is 1.39 bits per heavy atom. The van der Waals surface area contributed by atoms with E-state index in [1.807, 2.05) is 0 Å². The predicted molar refractivity (Wildman–Crippen MR) is 72.2 cm³/mol. The molecule has 2 bridgehead atoms. The van der Waals surface area contributed by atoms with Crippen molar-refractivity contribution in [2.45, 2.75) is 12.8 Å². The van der Waals surface area contributed by atoms with Crippen LogP contribution < -0.4 is 10.9 Å². The summed E-state index contributed by atoms with van der Waals surface area (Å²) in [7, 11) is 0. The van der Waals surface area contributed by atoms with Crippen LogP contribution in [0.4, 0.5) is 5.69 Å². The highest BCUT2D eigenvalue weighted by molar-refractivity contribution is 9.10. The van der Waals surface area contributed by atoms with Crippen LogP contribution in [0.2, 0.25) is 0 Å². The third kappa shape index (κ3) is 2.03. The number of pyridine rings is 1. The number of amides is 1. The third-order valence-corrected chi connectivity index (χ3v) is 4.33. The molecule has 2 N–H and O–H groups in total. The molecule has 5 heteroatoms. The highest BCUT2D eigenvalue weighted by Crippen LogP contribution is 2.43. The van der Waals surface area contributed by atoms with Crippen LogP contribution in [0.1, 0.15) is 12.8 Å². The number of hydrogen-bond donors (Lipinski definition) is 2. The Balaban J connectivity index is 1.73. The fourth-order valence-electron chi connectivity index (χ4n) is 2.85. The first kappa shape index (κ1) is 11.7. The number of anilines is 1. The van der Waals surface area contributed by atoms with E-state index in [0.29, 0.717) is 22.0 Å². The number of rotatable bonds is 2. The molecule has 1 fully saturated rings. The highest BCUT2D eigenvalue weighted by Gasteiger charge is 2.39. The van der Waals surface area contributed by atoms with Crippen molar-refractivity contribution in [2.75, 3.05) is 5.32 Å². The molecule has 3 rings (SSSR count). The fourth-order valence-corrected chi connectivity index (χ4v) is 3.21. The number of carbonyl (C=O) groups is 1. The molecule has 4 nitrogen and oxygen atoms in total. The standard InChI is InChI=1S/C13H13BrN2O2/c14-11-5-9(6-15-13(11)18)16-12(17)10-4-7-1-2-8(10)3-7/h1-2,5-8,10H,3-4H2,(H,15,18)(H,16,17). The van der Waals surface area contributed by atoms with Crippen LogP contribution in [0, 0.1) is 17.8 Å². The monoisotopic (exact) mass is 308 g/mol. The summed E-state index contributed by atoms with van der Waals surface area (Å²) in [5, 5.41) is 2.86. The van der Waals surface area contributed by atoms with Crippen molar-refractivity contribution in [2.24, 2.45) is 17.8 Å². The first-order valence-electron chi connectivity index (χ1n) is 6.01. The quantitative estimate of drug-likeness (QED) is 0.823. The normalized spacial score (nSPS) is 28.6. The predicted octanol–water partition coefficient (Wildman–Crippen LogP) is 2.29. The van der Waals surface area contributed by atoms with Crippen LogP contribution in [0.3, 0.4) is 0 Å². The van der Waals surface area contributed by atoms with Gasteiger partial charge in [-0.3, -0.25) is 9.59 Å². The second-order valence-corrected chi connectivity index (χ2v) is 5.80. The minimum Gasteiger partial charge on any atom is -0.326 e. The van der Waals surface area contributed by atoms with Gasteiger partial charge >= 0.3 is 0 Å². The molecular weight excluding hydrogens is 296 g/mol. The van der Waals surface area contributed by atoms with Gasteiger partial charge in [0.05, 0.1) is 10.2 Å². The number of fused-ring (bicyclic) bond motifs is 2. The lowest BCUT2D eigenvalue weighted by atomic mass is 9.93. The van der Waals surface area contributed by atoms with Gasteiger partial charge in [-0.15, -0.1) is 0 Å². The zero-order valence-corrected chi connectivity index (χ0v) is 11.2. The number of aromatic nitrogens is 1. The summed E-state index contributed by atoms with van der Waals surface area (Å²) in [6, 6.07) is 1.62. The third-order valence-electron chi connectivity index (χ3n) is 3.74. The zero-order chi connectivity index (χ0) is 12.7. The van der Waals surface area contributed by atoms with Crippen molar-refractivity contribution >= 4 is 27.5 Å². The van der Waals surface area contributed by atoms with Crippen LogP contribution in [-0.2, 0) is 4.79 Å². The van der Waals surface area contributed by atoms with E-state index in [1.54, 1.807) is 6.07 Å².